The number of para-hydroxylation sites is 2. The van der Waals surface area contributed by atoms with Gasteiger partial charge in [-0.05, 0) is 36.6 Å². The maximum Gasteiger partial charge on any atom is 0.246 e. The SMILES string of the molecule is O=C(CNc1nc2ccccc2s1)N1CCCc2ccccc21. The lowest BCUT2D eigenvalue weighted by atomic mass is 10.0. The van der Waals surface area contributed by atoms with Crippen molar-refractivity contribution in [3.05, 3.63) is 54.1 Å². The second kappa shape index (κ2) is 6.01. The van der Waals surface area contributed by atoms with E-state index in [1.807, 2.05) is 47.4 Å². The number of carbonyl (C=O) groups is 1. The Morgan fingerprint density at radius 1 is 1.17 bits per heavy atom. The van der Waals surface area contributed by atoms with Crippen LogP contribution in [0.15, 0.2) is 48.5 Å². The molecule has 3 aromatic rings. The van der Waals surface area contributed by atoms with E-state index in [1.54, 1.807) is 11.3 Å². The molecule has 1 N–H and O–H groups in total. The van der Waals surface area contributed by atoms with Crippen molar-refractivity contribution in [1.82, 2.24) is 4.98 Å². The van der Waals surface area contributed by atoms with E-state index >= 15 is 0 Å². The van der Waals surface area contributed by atoms with Crippen LogP contribution in [0.25, 0.3) is 10.2 Å². The third-order valence-corrected chi connectivity index (χ3v) is 5.09. The van der Waals surface area contributed by atoms with Gasteiger partial charge in [0.2, 0.25) is 5.91 Å². The molecule has 0 unspecified atom stereocenters. The van der Waals surface area contributed by atoms with Crippen molar-refractivity contribution in [2.45, 2.75) is 12.8 Å². The minimum absolute atomic E-state index is 0.0939. The van der Waals surface area contributed by atoms with Gasteiger partial charge in [-0.2, -0.15) is 0 Å². The van der Waals surface area contributed by atoms with Gasteiger partial charge in [-0.15, -0.1) is 0 Å². The fraction of sp³-hybridized carbons (Fsp3) is 0.222. The molecule has 2 aromatic carbocycles. The zero-order valence-electron chi connectivity index (χ0n) is 12.7. The number of hydrogen-bond donors (Lipinski definition) is 1. The first-order chi connectivity index (χ1) is 11.3. The normalized spacial score (nSPS) is 13.8. The molecule has 0 atom stereocenters. The molecule has 0 aliphatic carbocycles. The Bertz CT molecular complexity index is 825. The van der Waals surface area contributed by atoms with Gasteiger partial charge >= 0.3 is 0 Å². The number of nitrogens with zero attached hydrogens (tertiary/aromatic N) is 2. The van der Waals surface area contributed by atoms with E-state index in [0.717, 1.165) is 40.4 Å². The molecule has 1 aliphatic rings. The van der Waals surface area contributed by atoms with Crippen LogP contribution in [0.2, 0.25) is 0 Å². The summed E-state index contributed by atoms with van der Waals surface area (Å²) < 4.78 is 1.13. The Balaban J connectivity index is 1.48. The molecule has 0 spiro atoms. The summed E-state index contributed by atoms with van der Waals surface area (Å²) in [5.41, 5.74) is 3.28. The van der Waals surface area contributed by atoms with E-state index in [2.05, 4.69) is 16.4 Å². The summed E-state index contributed by atoms with van der Waals surface area (Å²) in [5.74, 6) is 0.0939. The van der Waals surface area contributed by atoms with E-state index in [4.69, 9.17) is 0 Å². The van der Waals surface area contributed by atoms with Crippen molar-refractivity contribution in [1.29, 1.82) is 0 Å². The minimum Gasteiger partial charge on any atom is -0.352 e. The maximum absolute atomic E-state index is 12.6. The molecule has 1 amide bonds. The van der Waals surface area contributed by atoms with Gasteiger partial charge in [0.05, 0.1) is 16.8 Å². The lowest BCUT2D eigenvalue weighted by Crippen LogP contribution is -2.39. The lowest BCUT2D eigenvalue weighted by molar-refractivity contribution is -0.117. The quantitative estimate of drug-likeness (QED) is 0.799. The number of amides is 1. The van der Waals surface area contributed by atoms with E-state index in [9.17, 15) is 4.79 Å². The molecule has 1 aromatic heterocycles. The molecule has 23 heavy (non-hydrogen) atoms. The van der Waals surface area contributed by atoms with E-state index in [1.165, 1.54) is 5.56 Å². The monoisotopic (exact) mass is 323 g/mol. The Hall–Kier alpha value is -2.40. The number of fused-ring (bicyclic) bond motifs is 2. The number of hydrogen-bond acceptors (Lipinski definition) is 4. The fourth-order valence-corrected chi connectivity index (χ4v) is 3.85. The molecule has 5 heteroatoms. The largest absolute Gasteiger partial charge is 0.352 e. The average Bonchev–Trinajstić information content (AvgIpc) is 3.02. The molecule has 4 rings (SSSR count). The molecule has 2 heterocycles. The van der Waals surface area contributed by atoms with Crippen LogP contribution in [0.3, 0.4) is 0 Å². The van der Waals surface area contributed by atoms with Gasteiger partial charge in [-0.3, -0.25) is 4.79 Å². The van der Waals surface area contributed by atoms with Crippen LogP contribution in [0.1, 0.15) is 12.0 Å². The molecule has 0 saturated heterocycles. The predicted octanol–water partition coefficient (Wildman–Crippen LogP) is 3.69. The van der Waals surface area contributed by atoms with Gasteiger partial charge in [0.25, 0.3) is 0 Å². The van der Waals surface area contributed by atoms with E-state index in [-0.39, 0.29) is 12.5 Å². The topological polar surface area (TPSA) is 45.2 Å². The molecule has 4 nitrogen and oxygen atoms in total. The molecule has 0 fully saturated rings. The van der Waals surface area contributed by atoms with Crippen molar-refractivity contribution < 1.29 is 4.79 Å². The number of benzene rings is 2. The van der Waals surface area contributed by atoms with E-state index < -0.39 is 0 Å². The van der Waals surface area contributed by atoms with Crippen LogP contribution < -0.4 is 10.2 Å². The van der Waals surface area contributed by atoms with Gasteiger partial charge in [-0.25, -0.2) is 4.98 Å². The van der Waals surface area contributed by atoms with Gasteiger partial charge in [0, 0.05) is 12.2 Å². The molecule has 0 saturated carbocycles. The Kier molecular flexibility index (Phi) is 3.71. The molecular formula is C18H17N3OS. The zero-order chi connectivity index (χ0) is 15.6. The molecule has 116 valence electrons. The summed E-state index contributed by atoms with van der Waals surface area (Å²) >= 11 is 1.58. The van der Waals surface area contributed by atoms with Crippen LogP contribution in [0.5, 0.6) is 0 Å². The van der Waals surface area contributed by atoms with Crippen LogP contribution in [0, 0.1) is 0 Å². The second-order valence-corrected chi connectivity index (χ2v) is 6.65. The minimum atomic E-state index is 0.0939. The zero-order valence-corrected chi connectivity index (χ0v) is 13.5. The fourth-order valence-electron chi connectivity index (χ4n) is 2.99. The van der Waals surface area contributed by atoms with Crippen molar-refractivity contribution in [2.75, 3.05) is 23.3 Å². The number of rotatable bonds is 3. The smallest absolute Gasteiger partial charge is 0.246 e. The summed E-state index contributed by atoms with van der Waals surface area (Å²) in [6.45, 7) is 1.06. The van der Waals surface area contributed by atoms with Crippen molar-refractivity contribution in [3.63, 3.8) is 0 Å². The van der Waals surface area contributed by atoms with Crippen molar-refractivity contribution in [2.24, 2.45) is 0 Å². The Labute approximate surface area is 138 Å². The van der Waals surface area contributed by atoms with E-state index in [0.29, 0.717) is 0 Å². The molecular weight excluding hydrogens is 306 g/mol. The highest BCUT2D eigenvalue weighted by molar-refractivity contribution is 7.22. The highest BCUT2D eigenvalue weighted by Gasteiger charge is 2.21. The lowest BCUT2D eigenvalue weighted by Gasteiger charge is -2.29. The number of nitrogens with one attached hydrogen (secondary N) is 1. The molecule has 0 bridgehead atoms. The Morgan fingerprint density at radius 2 is 2.00 bits per heavy atom. The highest BCUT2D eigenvalue weighted by atomic mass is 32.1. The Morgan fingerprint density at radius 3 is 2.91 bits per heavy atom. The summed E-state index contributed by atoms with van der Waals surface area (Å²) in [6, 6.07) is 16.2. The first-order valence-electron chi connectivity index (χ1n) is 7.79. The maximum atomic E-state index is 12.6. The van der Waals surface area contributed by atoms with Crippen molar-refractivity contribution in [3.8, 4) is 0 Å². The highest BCUT2D eigenvalue weighted by Crippen LogP contribution is 2.28. The van der Waals surface area contributed by atoms with Gasteiger partial charge in [0.15, 0.2) is 5.13 Å². The van der Waals surface area contributed by atoms with Crippen LogP contribution >= 0.6 is 11.3 Å². The third kappa shape index (κ3) is 2.80. The number of aryl methyl sites for hydroxylation is 1. The summed E-state index contributed by atoms with van der Waals surface area (Å²) in [5, 5.41) is 3.97. The van der Waals surface area contributed by atoms with Gasteiger partial charge in [-0.1, -0.05) is 41.7 Å². The number of thiazole rings is 1. The second-order valence-electron chi connectivity index (χ2n) is 5.62. The summed E-state index contributed by atoms with van der Waals surface area (Å²) in [6.07, 6.45) is 2.06. The average molecular weight is 323 g/mol. The standard InChI is InChI=1S/C18H17N3OS/c22-17(21-11-5-7-13-6-1-3-9-15(13)21)12-19-18-20-14-8-2-4-10-16(14)23-18/h1-4,6,8-10H,5,7,11-12H2,(H,19,20). The third-order valence-electron chi connectivity index (χ3n) is 4.10. The predicted molar refractivity (Wildman–Crippen MR) is 95.2 cm³/mol. The summed E-state index contributed by atoms with van der Waals surface area (Å²) in [7, 11) is 0. The van der Waals surface area contributed by atoms with Crippen LogP contribution in [-0.2, 0) is 11.2 Å². The summed E-state index contributed by atoms with van der Waals surface area (Å²) in [4.78, 5) is 19.0. The van der Waals surface area contributed by atoms with Crippen molar-refractivity contribution >= 4 is 38.3 Å². The number of anilines is 2. The van der Waals surface area contributed by atoms with Crippen LogP contribution in [0.4, 0.5) is 10.8 Å². The first-order valence-corrected chi connectivity index (χ1v) is 8.60. The molecule has 0 radical (unpaired) electrons. The first kappa shape index (κ1) is 14.2. The number of aromatic nitrogens is 1. The molecule has 1 aliphatic heterocycles. The van der Waals surface area contributed by atoms with Crippen LogP contribution in [-0.4, -0.2) is 24.0 Å². The van der Waals surface area contributed by atoms with Gasteiger partial charge in [0.1, 0.15) is 0 Å². The van der Waals surface area contributed by atoms with Gasteiger partial charge < -0.3 is 10.2 Å². The number of carbonyl (C=O) groups excluding carboxylic acids is 1.